The number of hydrogen-bond acceptors (Lipinski definition) is 3. The lowest BCUT2D eigenvalue weighted by Crippen LogP contribution is -2.36. The number of benzene rings is 1. The van der Waals surface area contributed by atoms with Crippen molar-refractivity contribution in [2.75, 3.05) is 13.1 Å². The summed E-state index contributed by atoms with van der Waals surface area (Å²) in [6.45, 7) is 1.18. The SMILES string of the molecule is Cn1c(C(=O)NC2CCCCC2)cc2cc(S(=O)(=O)N3CCCCC3)ccc21. The molecule has 1 aromatic carbocycles. The van der Waals surface area contributed by atoms with Crippen LogP contribution in [0.3, 0.4) is 0 Å². The number of amides is 1. The number of piperidine rings is 1. The minimum Gasteiger partial charge on any atom is -0.348 e. The van der Waals surface area contributed by atoms with Crippen LogP contribution in [0.2, 0.25) is 0 Å². The van der Waals surface area contributed by atoms with Crippen molar-refractivity contribution in [3.8, 4) is 0 Å². The van der Waals surface area contributed by atoms with Crippen molar-refractivity contribution < 1.29 is 13.2 Å². The lowest BCUT2D eigenvalue weighted by atomic mass is 9.95. The topological polar surface area (TPSA) is 71.4 Å². The predicted octanol–water partition coefficient (Wildman–Crippen LogP) is 3.42. The van der Waals surface area contributed by atoms with E-state index in [9.17, 15) is 13.2 Å². The van der Waals surface area contributed by atoms with Gasteiger partial charge in [0.1, 0.15) is 5.69 Å². The molecule has 1 aliphatic carbocycles. The number of aryl methyl sites for hydroxylation is 1. The van der Waals surface area contributed by atoms with Gasteiger partial charge in [-0.25, -0.2) is 8.42 Å². The van der Waals surface area contributed by atoms with Crippen LogP contribution in [0.5, 0.6) is 0 Å². The first kappa shape index (κ1) is 19.5. The molecule has 0 bridgehead atoms. The van der Waals surface area contributed by atoms with Gasteiger partial charge in [0.25, 0.3) is 5.91 Å². The fraction of sp³-hybridized carbons (Fsp3) is 0.571. The minimum absolute atomic E-state index is 0.0777. The molecule has 0 unspecified atom stereocenters. The van der Waals surface area contributed by atoms with E-state index in [1.807, 2.05) is 23.7 Å². The molecule has 1 amide bonds. The lowest BCUT2D eigenvalue weighted by Gasteiger charge is -2.25. The highest BCUT2D eigenvalue weighted by molar-refractivity contribution is 7.89. The first-order valence-corrected chi connectivity index (χ1v) is 11.8. The molecule has 28 heavy (non-hydrogen) atoms. The first-order chi connectivity index (χ1) is 13.5. The summed E-state index contributed by atoms with van der Waals surface area (Å²) in [6.07, 6.45) is 8.56. The molecule has 6 nitrogen and oxygen atoms in total. The van der Waals surface area contributed by atoms with E-state index in [-0.39, 0.29) is 11.9 Å². The van der Waals surface area contributed by atoms with E-state index >= 15 is 0 Å². The Morgan fingerprint density at radius 2 is 1.68 bits per heavy atom. The van der Waals surface area contributed by atoms with Crippen LogP contribution in [0.1, 0.15) is 61.9 Å². The smallest absolute Gasteiger partial charge is 0.268 e. The van der Waals surface area contributed by atoms with Crippen molar-refractivity contribution in [1.29, 1.82) is 0 Å². The van der Waals surface area contributed by atoms with Crippen LogP contribution in [-0.2, 0) is 17.1 Å². The largest absolute Gasteiger partial charge is 0.348 e. The summed E-state index contributed by atoms with van der Waals surface area (Å²) in [4.78, 5) is 13.1. The second-order valence-electron chi connectivity index (χ2n) is 8.08. The van der Waals surface area contributed by atoms with Gasteiger partial charge in [-0.15, -0.1) is 0 Å². The highest BCUT2D eigenvalue weighted by Crippen LogP contribution is 2.26. The Morgan fingerprint density at radius 3 is 2.39 bits per heavy atom. The second kappa shape index (κ2) is 7.87. The average Bonchev–Trinajstić information content (AvgIpc) is 3.05. The highest BCUT2D eigenvalue weighted by atomic mass is 32.2. The van der Waals surface area contributed by atoms with Crippen molar-refractivity contribution in [2.24, 2.45) is 7.05 Å². The van der Waals surface area contributed by atoms with Gasteiger partial charge >= 0.3 is 0 Å². The molecule has 4 rings (SSSR count). The molecule has 1 N–H and O–H groups in total. The van der Waals surface area contributed by atoms with Gasteiger partial charge in [0.2, 0.25) is 10.0 Å². The number of carbonyl (C=O) groups excluding carboxylic acids is 1. The first-order valence-electron chi connectivity index (χ1n) is 10.4. The highest BCUT2D eigenvalue weighted by Gasteiger charge is 2.27. The van der Waals surface area contributed by atoms with Crippen molar-refractivity contribution >= 4 is 26.8 Å². The zero-order chi connectivity index (χ0) is 19.7. The Morgan fingerprint density at radius 1 is 1.00 bits per heavy atom. The summed E-state index contributed by atoms with van der Waals surface area (Å²) >= 11 is 0. The molecule has 7 heteroatoms. The maximum Gasteiger partial charge on any atom is 0.268 e. The normalized spacial score (nSPS) is 19.8. The Balaban J connectivity index is 1.61. The molecule has 2 aliphatic rings. The molecule has 0 radical (unpaired) electrons. The lowest BCUT2D eigenvalue weighted by molar-refractivity contribution is 0.0920. The number of aromatic nitrogens is 1. The van der Waals surface area contributed by atoms with Crippen LogP contribution in [0, 0.1) is 0 Å². The number of nitrogens with one attached hydrogen (secondary N) is 1. The summed E-state index contributed by atoms with van der Waals surface area (Å²) < 4.78 is 29.4. The van der Waals surface area contributed by atoms with Crippen LogP contribution >= 0.6 is 0 Å². The summed E-state index contributed by atoms with van der Waals surface area (Å²) in [7, 11) is -1.62. The van der Waals surface area contributed by atoms with Gasteiger partial charge in [-0.1, -0.05) is 25.7 Å². The molecule has 0 spiro atoms. The van der Waals surface area contributed by atoms with Gasteiger partial charge in [0.05, 0.1) is 4.90 Å². The minimum atomic E-state index is -3.48. The predicted molar refractivity (Wildman–Crippen MR) is 110 cm³/mol. The van der Waals surface area contributed by atoms with Crippen LogP contribution in [0.4, 0.5) is 0 Å². The molecule has 1 saturated heterocycles. The fourth-order valence-electron chi connectivity index (χ4n) is 4.47. The summed E-state index contributed by atoms with van der Waals surface area (Å²) in [5.74, 6) is -0.0777. The van der Waals surface area contributed by atoms with Crippen molar-refractivity contribution in [3.05, 3.63) is 30.0 Å². The number of fused-ring (bicyclic) bond motifs is 1. The molecule has 1 saturated carbocycles. The van der Waals surface area contributed by atoms with Gasteiger partial charge < -0.3 is 9.88 Å². The maximum absolute atomic E-state index is 13.0. The zero-order valence-corrected chi connectivity index (χ0v) is 17.3. The van der Waals surface area contributed by atoms with E-state index in [1.54, 1.807) is 16.4 Å². The molecule has 1 aromatic heterocycles. The Hall–Kier alpha value is -1.86. The average molecular weight is 404 g/mol. The molecule has 2 aromatic rings. The molecule has 1 aliphatic heterocycles. The van der Waals surface area contributed by atoms with E-state index in [2.05, 4.69) is 5.32 Å². The molecule has 2 heterocycles. The quantitative estimate of drug-likeness (QED) is 0.850. The third-order valence-electron chi connectivity index (χ3n) is 6.14. The third-order valence-corrected chi connectivity index (χ3v) is 8.03. The van der Waals surface area contributed by atoms with Gasteiger partial charge in [0.15, 0.2) is 0 Å². The zero-order valence-electron chi connectivity index (χ0n) is 16.5. The number of nitrogens with zero attached hydrogens (tertiary/aromatic N) is 2. The fourth-order valence-corrected chi connectivity index (χ4v) is 6.02. The Labute approximate surface area is 166 Å². The molecule has 152 valence electrons. The van der Waals surface area contributed by atoms with Gasteiger partial charge in [-0.05, 0) is 49.9 Å². The van der Waals surface area contributed by atoms with Crippen molar-refractivity contribution in [1.82, 2.24) is 14.2 Å². The standard InChI is InChI=1S/C21H29N3O3S/c1-23-19-11-10-18(28(26,27)24-12-6-3-7-13-24)14-16(19)15-20(23)21(25)22-17-8-4-2-5-9-17/h10-11,14-15,17H,2-9,12-13H2,1H3,(H,22,25). The van der Waals surface area contributed by atoms with E-state index < -0.39 is 10.0 Å². The van der Waals surface area contributed by atoms with Gasteiger partial charge in [-0.3, -0.25) is 4.79 Å². The molecular weight excluding hydrogens is 374 g/mol. The van der Waals surface area contributed by atoms with E-state index in [4.69, 9.17) is 0 Å². The Bertz CT molecular complexity index is 968. The summed E-state index contributed by atoms with van der Waals surface area (Å²) in [5.41, 5.74) is 1.44. The summed E-state index contributed by atoms with van der Waals surface area (Å²) in [6, 6.07) is 7.23. The van der Waals surface area contributed by atoms with Crippen LogP contribution < -0.4 is 5.32 Å². The van der Waals surface area contributed by atoms with Crippen LogP contribution in [0.25, 0.3) is 10.9 Å². The van der Waals surface area contributed by atoms with E-state index in [0.717, 1.165) is 55.8 Å². The third kappa shape index (κ3) is 3.70. The van der Waals surface area contributed by atoms with Crippen molar-refractivity contribution in [3.63, 3.8) is 0 Å². The molecule has 2 fully saturated rings. The van der Waals surface area contributed by atoms with E-state index in [1.165, 1.54) is 6.42 Å². The number of hydrogen-bond donors (Lipinski definition) is 1. The number of rotatable bonds is 4. The Kier molecular flexibility index (Phi) is 5.47. The number of carbonyl (C=O) groups is 1. The number of sulfonamides is 1. The van der Waals surface area contributed by atoms with Gasteiger partial charge in [0, 0.05) is 37.1 Å². The van der Waals surface area contributed by atoms with E-state index in [0.29, 0.717) is 23.7 Å². The van der Waals surface area contributed by atoms with Crippen LogP contribution in [-0.4, -0.2) is 42.3 Å². The maximum atomic E-state index is 13.0. The molecule has 0 atom stereocenters. The summed E-state index contributed by atoms with van der Waals surface area (Å²) in [5, 5.41) is 3.93. The monoisotopic (exact) mass is 403 g/mol. The van der Waals surface area contributed by atoms with Crippen LogP contribution in [0.15, 0.2) is 29.2 Å². The van der Waals surface area contributed by atoms with Gasteiger partial charge in [-0.2, -0.15) is 4.31 Å². The molecular formula is C21H29N3O3S. The van der Waals surface area contributed by atoms with Crippen molar-refractivity contribution in [2.45, 2.75) is 62.3 Å². The second-order valence-corrected chi connectivity index (χ2v) is 10.0.